The topological polar surface area (TPSA) is 19.0 Å². The van der Waals surface area contributed by atoms with E-state index in [1.54, 1.807) is 16.5 Å². The summed E-state index contributed by atoms with van der Waals surface area (Å²) in [7, 11) is 0. The predicted octanol–water partition coefficient (Wildman–Crippen LogP) is 4.65. The number of fused-ring (bicyclic) bond motifs is 2. The van der Waals surface area contributed by atoms with Gasteiger partial charge < -0.3 is 4.98 Å². The number of aromatic nitrogens is 1. The first-order valence-electron chi connectivity index (χ1n) is 8.64. The molecule has 0 bridgehead atoms. The maximum absolute atomic E-state index is 3.66. The molecule has 0 amide bonds. The van der Waals surface area contributed by atoms with Gasteiger partial charge in [-0.25, -0.2) is 0 Å². The first-order chi connectivity index (χ1) is 10.7. The maximum Gasteiger partial charge on any atom is 0.0763 e. The molecule has 1 aromatic heterocycles. The van der Waals surface area contributed by atoms with Crippen LogP contribution in [0.5, 0.6) is 0 Å². The van der Waals surface area contributed by atoms with Crippen LogP contribution in [-0.4, -0.2) is 35.3 Å². The van der Waals surface area contributed by atoms with Gasteiger partial charge in [0.25, 0.3) is 0 Å². The van der Waals surface area contributed by atoms with Gasteiger partial charge in [0.05, 0.1) is 5.03 Å². The molecule has 3 heteroatoms. The molecule has 2 aromatic rings. The highest BCUT2D eigenvalue weighted by molar-refractivity contribution is 7.98. The van der Waals surface area contributed by atoms with Crippen LogP contribution in [-0.2, 0) is 6.42 Å². The molecule has 1 aliphatic heterocycles. The second kappa shape index (κ2) is 5.61. The van der Waals surface area contributed by atoms with Crippen LogP contribution in [0.2, 0.25) is 0 Å². The van der Waals surface area contributed by atoms with E-state index in [0.29, 0.717) is 6.04 Å². The lowest BCUT2D eigenvalue weighted by Crippen LogP contribution is -2.49. The van der Waals surface area contributed by atoms with Gasteiger partial charge in [0.1, 0.15) is 0 Å². The van der Waals surface area contributed by atoms with Crippen LogP contribution >= 0.6 is 11.8 Å². The SMILES string of the molecule is CCCN1CC(C)C[C@@H]2c3cccc4[nH]c(SC)c(c34)C[C@H]21. The van der Waals surface area contributed by atoms with Crippen molar-refractivity contribution in [3.05, 3.63) is 29.3 Å². The number of aromatic amines is 1. The Morgan fingerprint density at radius 3 is 3.00 bits per heavy atom. The fraction of sp³-hybridized carbons (Fsp3) is 0.579. The molecule has 1 fully saturated rings. The van der Waals surface area contributed by atoms with Crippen LogP contribution in [0.25, 0.3) is 10.9 Å². The summed E-state index contributed by atoms with van der Waals surface area (Å²) in [4.78, 5) is 6.43. The lowest BCUT2D eigenvalue weighted by molar-refractivity contribution is 0.0906. The Morgan fingerprint density at radius 1 is 1.36 bits per heavy atom. The molecular weight excluding hydrogens is 288 g/mol. The molecule has 1 unspecified atom stereocenters. The van der Waals surface area contributed by atoms with Gasteiger partial charge >= 0.3 is 0 Å². The summed E-state index contributed by atoms with van der Waals surface area (Å²) in [6.45, 7) is 7.26. The summed E-state index contributed by atoms with van der Waals surface area (Å²) < 4.78 is 0. The Morgan fingerprint density at radius 2 is 2.23 bits per heavy atom. The van der Waals surface area contributed by atoms with Crippen molar-refractivity contribution in [3.63, 3.8) is 0 Å². The van der Waals surface area contributed by atoms with Crippen molar-refractivity contribution in [3.8, 4) is 0 Å². The third-order valence-corrected chi connectivity index (χ3v) is 6.34. The van der Waals surface area contributed by atoms with Crippen molar-refractivity contribution in [2.45, 2.75) is 50.1 Å². The normalized spacial score (nSPS) is 28.0. The van der Waals surface area contributed by atoms with E-state index in [1.165, 1.54) is 42.9 Å². The largest absolute Gasteiger partial charge is 0.349 e. The summed E-state index contributed by atoms with van der Waals surface area (Å²) in [5.74, 6) is 1.53. The molecule has 1 saturated heterocycles. The standard InChI is InChI=1S/C19H26N2S/c1-4-8-21-11-12(2)9-14-13-6-5-7-16-18(13)15(10-17(14)21)19(20-16)22-3/h5-7,12,14,17,20H,4,8-11H2,1-3H3/t12?,14-,17-/m1/s1. The minimum absolute atomic E-state index is 0.705. The Labute approximate surface area is 137 Å². The zero-order valence-electron chi connectivity index (χ0n) is 13.9. The summed E-state index contributed by atoms with van der Waals surface area (Å²) in [5, 5.41) is 2.93. The second-order valence-corrected chi connectivity index (χ2v) is 7.94. The van der Waals surface area contributed by atoms with Crippen molar-refractivity contribution in [1.82, 2.24) is 9.88 Å². The Balaban J connectivity index is 1.86. The van der Waals surface area contributed by atoms with E-state index < -0.39 is 0 Å². The van der Waals surface area contributed by atoms with Crippen LogP contribution in [0, 0.1) is 5.92 Å². The van der Waals surface area contributed by atoms with Crippen LogP contribution in [0.1, 0.15) is 43.7 Å². The van der Waals surface area contributed by atoms with Crippen LogP contribution in [0.3, 0.4) is 0 Å². The number of hydrogen-bond acceptors (Lipinski definition) is 2. The van der Waals surface area contributed by atoms with Gasteiger partial charge in [-0.15, -0.1) is 11.8 Å². The van der Waals surface area contributed by atoms with Gasteiger partial charge in [-0.1, -0.05) is 26.0 Å². The molecule has 2 heterocycles. The van der Waals surface area contributed by atoms with E-state index >= 15 is 0 Å². The molecule has 1 N–H and O–H groups in total. The number of nitrogens with zero attached hydrogens (tertiary/aromatic N) is 1. The fourth-order valence-electron chi connectivity index (χ4n) is 4.81. The molecule has 0 saturated carbocycles. The maximum atomic E-state index is 3.66. The van der Waals surface area contributed by atoms with Crippen molar-refractivity contribution < 1.29 is 0 Å². The van der Waals surface area contributed by atoms with E-state index in [2.05, 4.69) is 48.2 Å². The monoisotopic (exact) mass is 314 g/mol. The molecule has 1 aromatic carbocycles. The lowest BCUT2D eigenvalue weighted by Gasteiger charge is -2.46. The number of rotatable bonds is 3. The Bertz CT molecular complexity index is 690. The number of nitrogens with one attached hydrogen (secondary N) is 1. The van der Waals surface area contributed by atoms with E-state index in [0.717, 1.165) is 11.8 Å². The average molecular weight is 314 g/mol. The average Bonchev–Trinajstić information content (AvgIpc) is 2.88. The highest BCUT2D eigenvalue weighted by atomic mass is 32.2. The molecule has 22 heavy (non-hydrogen) atoms. The first-order valence-corrected chi connectivity index (χ1v) is 9.86. The quantitative estimate of drug-likeness (QED) is 0.832. The highest BCUT2D eigenvalue weighted by Gasteiger charge is 2.40. The third-order valence-electron chi connectivity index (χ3n) is 5.58. The van der Waals surface area contributed by atoms with Crippen molar-refractivity contribution in [2.24, 2.45) is 5.92 Å². The van der Waals surface area contributed by atoms with E-state index in [4.69, 9.17) is 0 Å². The number of thioether (sulfide) groups is 1. The zero-order valence-corrected chi connectivity index (χ0v) is 14.7. The summed E-state index contributed by atoms with van der Waals surface area (Å²) in [6.07, 6.45) is 6.03. The zero-order chi connectivity index (χ0) is 15.3. The van der Waals surface area contributed by atoms with Gasteiger partial charge in [-0.05, 0) is 55.2 Å². The van der Waals surface area contributed by atoms with E-state index in [9.17, 15) is 0 Å². The van der Waals surface area contributed by atoms with E-state index in [1.807, 2.05) is 11.8 Å². The van der Waals surface area contributed by atoms with Crippen LogP contribution in [0.15, 0.2) is 23.2 Å². The molecule has 1 aliphatic carbocycles. The number of likely N-dealkylation sites (tertiary alicyclic amines) is 1. The van der Waals surface area contributed by atoms with Crippen molar-refractivity contribution in [1.29, 1.82) is 0 Å². The summed E-state index contributed by atoms with van der Waals surface area (Å²) >= 11 is 1.87. The predicted molar refractivity (Wildman–Crippen MR) is 96.0 cm³/mol. The lowest BCUT2D eigenvalue weighted by atomic mass is 9.72. The van der Waals surface area contributed by atoms with Gasteiger partial charge in [-0.3, -0.25) is 4.90 Å². The number of H-pyrrole nitrogens is 1. The summed E-state index contributed by atoms with van der Waals surface area (Å²) in [6, 6.07) is 7.59. The molecule has 0 radical (unpaired) electrons. The second-order valence-electron chi connectivity index (χ2n) is 7.12. The molecule has 2 aliphatic rings. The van der Waals surface area contributed by atoms with Gasteiger partial charge in [0, 0.05) is 29.4 Å². The Hall–Kier alpha value is -0.930. The minimum atomic E-state index is 0.705. The molecule has 0 spiro atoms. The third kappa shape index (κ3) is 2.13. The van der Waals surface area contributed by atoms with Gasteiger partial charge in [0.2, 0.25) is 0 Å². The number of benzene rings is 1. The van der Waals surface area contributed by atoms with Gasteiger partial charge in [-0.2, -0.15) is 0 Å². The highest BCUT2D eigenvalue weighted by Crippen LogP contribution is 2.46. The minimum Gasteiger partial charge on any atom is -0.349 e. The first kappa shape index (κ1) is 14.6. The molecule has 2 nitrogen and oxygen atoms in total. The molecule has 4 rings (SSSR count). The van der Waals surface area contributed by atoms with Gasteiger partial charge in [0.15, 0.2) is 0 Å². The van der Waals surface area contributed by atoms with E-state index in [-0.39, 0.29) is 0 Å². The van der Waals surface area contributed by atoms with Crippen molar-refractivity contribution in [2.75, 3.05) is 19.3 Å². The smallest absolute Gasteiger partial charge is 0.0763 e. The van der Waals surface area contributed by atoms with Crippen LogP contribution in [0.4, 0.5) is 0 Å². The fourth-order valence-corrected chi connectivity index (χ4v) is 5.46. The number of hydrogen-bond donors (Lipinski definition) is 1. The molecule has 118 valence electrons. The number of piperidine rings is 1. The molecular formula is C19H26N2S. The van der Waals surface area contributed by atoms with Crippen LogP contribution < -0.4 is 0 Å². The summed E-state index contributed by atoms with van der Waals surface area (Å²) in [5.41, 5.74) is 4.53. The Kier molecular flexibility index (Phi) is 3.74. The van der Waals surface area contributed by atoms with Crippen molar-refractivity contribution >= 4 is 22.7 Å². The molecule has 3 atom stereocenters.